The van der Waals surface area contributed by atoms with E-state index in [-0.39, 0.29) is 17.1 Å². The zero-order valence-corrected chi connectivity index (χ0v) is 12.0. The standard InChI is InChI=1S/C12H13F3N4OS/c1-2-5-19(6-12(13,14)15)11(20)9-7(16)8-10(21-9)18-4-3-17-8/h3-4H,2,5-6,16H2,1H3. The Morgan fingerprint density at radius 1 is 1.38 bits per heavy atom. The number of halogens is 3. The molecule has 0 radical (unpaired) electrons. The second kappa shape index (κ2) is 5.84. The fraction of sp³-hybridized carbons (Fsp3) is 0.417. The van der Waals surface area contributed by atoms with E-state index in [4.69, 9.17) is 5.73 Å². The van der Waals surface area contributed by atoms with Gasteiger partial charge in [-0.1, -0.05) is 6.92 Å². The van der Waals surface area contributed by atoms with Crippen molar-refractivity contribution >= 4 is 33.3 Å². The summed E-state index contributed by atoms with van der Waals surface area (Å²) < 4.78 is 37.7. The average molecular weight is 318 g/mol. The highest BCUT2D eigenvalue weighted by molar-refractivity contribution is 7.21. The Bertz CT molecular complexity index is 655. The number of hydrogen-bond acceptors (Lipinski definition) is 5. The predicted molar refractivity (Wildman–Crippen MR) is 74.1 cm³/mol. The maximum atomic E-state index is 12.6. The Kier molecular flexibility index (Phi) is 4.31. The second-order valence-corrected chi connectivity index (χ2v) is 5.40. The summed E-state index contributed by atoms with van der Waals surface area (Å²) in [7, 11) is 0. The predicted octanol–water partition coefficient (Wildman–Crippen LogP) is 2.69. The van der Waals surface area contributed by atoms with Gasteiger partial charge in [-0.15, -0.1) is 11.3 Å². The zero-order valence-electron chi connectivity index (χ0n) is 11.1. The number of nitrogen functional groups attached to an aromatic ring is 1. The maximum Gasteiger partial charge on any atom is 0.406 e. The van der Waals surface area contributed by atoms with E-state index < -0.39 is 18.6 Å². The number of anilines is 1. The number of aromatic nitrogens is 2. The molecule has 2 rings (SSSR count). The van der Waals surface area contributed by atoms with Crippen LogP contribution in [0.25, 0.3) is 10.3 Å². The number of fused-ring (bicyclic) bond motifs is 1. The molecule has 0 aliphatic carbocycles. The Balaban J connectivity index is 2.36. The third-order valence-corrected chi connectivity index (χ3v) is 3.80. The van der Waals surface area contributed by atoms with E-state index in [1.54, 1.807) is 6.92 Å². The van der Waals surface area contributed by atoms with E-state index in [0.29, 0.717) is 16.8 Å². The third-order valence-electron chi connectivity index (χ3n) is 2.71. The SMILES string of the molecule is CCCN(CC(F)(F)F)C(=O)c1sc2nccnc2c1N. The molecule has 0 atom stereocenters. The molecule has 0 aliphatic heterocycles. The Hall–Kier alpha value is -1.90. The van der Waals surface area contributed by atoms with Gasteiger partial charge < -0.3 is 10.6 Å². The van der Waals surface area contributed by atoms with Gasteiger partial charge in [0.05, 0.1) is 5.69 Å². The molecule has 2 heterocycles. The quantitative estimate of drug-likeness (QED) is 0.941. The first-order valence-electron chi connectivity index (χ1n) is 6.18. The van der Waals surface area contributed by atoms with Crippen LogP contribution in [0, 0.1) is 0 Å². The van der Waals surface area contributed by atoms with Gasteiger partial charge in [-0.25, -0.2) is 9.97 Å². The number of alkyl halides is 3. The number of nitrogens with two attached hydrogens (primary N) is 1. The van der Waals surface area contributed by atoms with Crippen molar-refractivity contribution in [2.75, 3.05) is 18.8 Å². The van der Waals surface area contributed by atoms with Gasteiger partial charge in [0.1, 0.15) is 21.8 Å². The molecule has 0 saturated heterocycles. The molecule has 0 fully saturated rings. The molecule has 0 unspecified atom stereocenters. The van der Waals surface area contributed by atoms with Crippen LogP contribution in [0.3, 0.4) is 0 Å². The molecular weight excluding hydrogens is 305 g/mol. The Morgan fingerprint density at radius 2 is 2.05 bits per heavy atom. The van der Waals surface area contributed by atoms with E-state index in [1.165, 1.54) is 12.4 Å². The van der Waals surface area contributed by atoms with E-state index in [2.05, 4.69) is 9.97 Å². The molecular formula is C12H13F3N4OS. The molecule has 2 N–H and O–H groups in total. The smallest absolute Gasteiger partial charge is 0.396 e. The molecule has 5 nitrogen and oxygen atoms in total. The summed E-state index contributed by atoms with van der Waals surface area (Å²) in [6, 6.07) is 0. The van der Waals surface area contributed by atoms with Gasteiger partial charge in [0.15, 0.2) is 0 Å². The first-order valence-corrected chi connectivity index (χ1v) is 7.00. The number of thiophene rings is 1. The normalized spacial score (nSPS) is 11.8. The summed E-state index contributed by atoms with van der Waals surface area (Å²) in [6.45, 7) is 0.412. The molecule has 0 aliphatic rings. The van der Waals surface area contributed by atoms with Gasteiger partial charge in [0.2, 0.25) is 0 Å². The number of amides is 1. The summed E-state index contributed by atoms with van der Waals surface area (Å²) >= 11 is 0.955. The minimum atomic E-state index is -4.45. The highest BCUT2D eigenvalue weighted by Crippen LogP contribution is 2.32. The lowest BCUT2D eigenvalue weighted by Gasteiger charge is -2.23. The number of rotatable bonds is 4. The summed E-state index contributed by atoms with van der Waals surface area (Å²) in [6.07, 6.45) is -1.18. The van der Waals surface area contributed by atoms with Crippen LogP contribution in [0.4, 0.5) is 18.9 Å². The Labute approximate surface area is 122 Å². The number of carbonyl (C=O) groups excluding carboxylic acids is 1. The average Bonchev–Trinajstić information content (AvgIpc) is 2.74. The highest BCUT2D eigenvalue weighted by Gasteiger charge is 2.34. The molecule has 114 valence electrons. The van der Waals surface area contributed by atoms with Crippen LogP contribution in [-0.2, 0) is 0 Å². The molecule has 1 amide bonds. The van der Waals surface area contributed by atoms with Crippen LogP contribution < -0.4 is 5.73 Å². The van der Waals surface area contributed by atoms with E-state index in [9.17, 15) is 18.0 Å². The van der Waals surface area contributed by atoms with Crippen LogP contribution in [0.5, 0.6) is 0 Å². The van der Waals surface area contributed by atoms with Crippen LogP contribution in [-0.4, -0.2) is 40.0 Å². The van der Waals surface area contributed by atoms with Crippen molar-refractivity contribution in [1.29, 1.82) is 0 Å². The summed E-state index contributed by atoms with van der Waals surface area (Å²) in [5.74, 6) is -0.739. The summed E-state index contributed by atoms with van der Waals surface area (Å²) in [4.78, 5) is 21.5. The van der Waals surface area contributed by atoms with Crippen LogP contribution in [0.2, 0.25) is 0 Å². The lowest BCUT2D eigenvalue weighted by molar-refractivity contribution is -0.140. The van der Waals surface area contributed by atoms with Gasteiger partial charge in [0, 0.05) is 18.9 Å². The van der Waals surface area contributed by atoms with Crippen molar-refractivity contribution < 1.29 is 18.0 Å². The van der Waals surface area contributed by atoms with Crippen LogP contribution in [0.15, 0.2) is 12.4 Å². The Morgan fingerprint density at radius 3 is 2.62 bits per heavy atom. The first kappa shape index (κ1) is 15.5. The van der Waals surface area contributed by atoms with E-state index in [1.807, 2.05) is 0 Å². The lowest BCUT2D eigenvalue weighted by atomic mass is 10.3. The fourth-order valence-corrected chi connectivity index (χ4v) is 2.87. The van der Waals surface area contributed by atoms with Gasteiger partial charge >= 0.3 is 6.18 Å². The van der Waals surface area contributed by atoms with Crippen molar-refractivity contribution in [1.82, 2.24) is 14.9 Å². The number of carbonyl (C=O) groups is 1. The largest absolute Gasteiger partial charge is 0.406 e. The molecule has 0 aromatic carbocycles. The fourth-order valence-electron chi connectivity index (χ4n) is 1.89. The molecule has 0 saturated carbocycles. The van der Waals surface area contributed by atoms with Crippen LogP contribution in [0.1, 0.15) is 23.0 Å². The van der Waals surface area contributed by atoms with Crippen molar-refractivity contribution in [3.05, 3.63) is 17.3 Å². The molecule has 0 bridgehead atoms. The van der Waals surface area contributed by atoms with Crippen molar-refractivity contribution in [2.45, 2.75) is 19.5 Å². The topological polar surface area (TPSA) is 72.1 Å². The van der Waals surface area contributed by atoms with Gasteiger partial charge in [-0.3, -0.25) is 4.79 Å². The third kappa shape index (κ3) is 3.41. The molecule has 21 heavy (non-hydrogen) atoms. The van der Waals surface area contributed by atoms with Crippen molar-refractivity contribution in [3.8, 4) is 0 Å². The minimum absolute atomic E-state index is 0.00683. The minimum Gasteiger partial charge on any atom is -0.396 e. The number of hydrogen-bond donors (Lipinski definition) is 1. The van der Waals surface area contributed by atoms with Gasteiger partial charge in [-0.2, -0.15) is 13.2 Å². The first-order chi connectivity index (χ1) is 9.83. The van der Waals surface area contributed by atoms with Gasteiger partial charge in [0.25, 0.3) is 5.91 Å². The molecule has 2 aromatic heterocycles. The summed E-state index contributed by atoms with van der Waals surface area (Å²) in [5, 5.41) is 0. The van der Waals surface area contributed by atoms with E-state index >= 15 is 0 Å². The number of nitrogens with zero attached hydrogens (tertiary/aromatic N) is 3. The zero-order chi connectivity index (χ0) is 15.6. The molecule has 0 spiro atoms. The lowest BCUT2D eigenvalue weighted by Crippen LogP contribution is -2.39. The van der Waals surface area contributed by atoms with E-state index in [0.717, 1.165) is 16.2 Å². The van der Waals surface area contributed by atoms with Gasteiger partial charge in [-0.05, 0) is 6.42 Å². The van der Waals surface area contributed by atoms with Crippen molar-refractivity contribution in [3.63, 3.8) is 0 Å². The molecule has 9 heteroatoms. The van der Waals surface area contributed by atoms with Crippen LogP contribution >= 0.6 is 11.3 Å². The maximum absolute atomic E-state index is 12.6. The second-order valence-electron chi connectivity index (χ2n) is 4.40. The summed E-state index contributed by atoms with van der Waals surface area (Å²) in [5.41, 5.74) is 6.24. The molecule has 2 aromatic rings. The highest BCUT2D eigenvalue weighted by atomic mass is 32.1. The van der Waals surface area contributed by atoms with Crippen molar-refractivity contribution in [2.24, 2.45) is 0 Å². The monoisotopic (exact) mass is 318 g/mol.